The molecule has 0 aromatic carbocycles. The normalized spacial score (nSPS) is 14.3. The summed E-state index contributed by atoms with van der Waals surface area (Å²) < 4.78 is 2.46. The van der Waals surface area contributed by atoms with Gasteiger partial charge in [0, 0.05) is 24.4 Å². The molecule has 0 aliphatic heterocycles. The van der Waals surface area contributed by atoms with Gasteiger partial charge in [-0.25, -0.2) is 4.98 Å². The Bertz CT molecular complexity index is 394. The standard InChI is InChI=1S/C21H40N2/c1-6-8-9-10-11-12-13-15-19(5)23-17-16-22-21(23)20(14-7-2)18(3)4/h16-20H,6-15H2,1-5H3. The first-order valence-electron chi connectivity index (χ1n) is 10.1. The number of unbranched alkanes of at least 4 members (excludes halogenated alkanes) is 6. The van der Waals surface area contributed by atoms with E-state index in [1.165, 1.54) is 70.0 Å². The summed E-state index contributed by atoms with van der Waals surface area (Å²) in [4.78, 5) is 4.72. The number of hydrogen-bond donors (Lipinski definition) is 0. The lowest BCUT2D eigenvalue weighted by Crippen LogP contribution is -2.16. The topological polar surface area (TPSA) is 17.8 Å². The Morgan fingerprint density at radius 2 is 1.52 bits per heavy atom. The molecule has 0 spiro atoms. The number of nitrogens with zero attached hydrogens (tertiary/aromatic N) is 2. The molecule has 2 nitrogen and oxygen atoms in total. The zero-order valence-electron chi connectivity index (χ0n) is 16.4. The molecule has 0 radical (unpaired) electrons. The van der Waals surface area contributed by atoms with Gasteiger partial charge in [0.2, 0.25) is 0 Å². The molecule has 2 heteroatoms. The van der Waals surface area contributed by atoms with Crippen LogP contribution in [0.15, 0.2) is 12.4 Å². The zero-order valence-corrected chi connectivity index (χ0v) is 16.4. The Labute approximate surface area is 145 Å². The van der Waals surface area contributed by atoms with E-state index in [0.717, 1.165) is 0 Å². The van der Waals surface area contributed by atoms with Crippen LogP contribution in [0, 0.1) is 5.92 Å². The van der Waals surface area contributed by atoms with Gasteiger partial charge in [-0.3, -0.25) is 0 Å². The Morgan fingerprint density at radius 3 is 2.13 bits per heavy atom. The second kappa shape index (κ2) is 11.7. The van der Waals surface area contributed by atoms with Crippen LogP contribution in [-0.2, 0) is 0 Å². The first-order valence-corrected chi connectivity index (χ1v) is 10.1. The van der Waals surface area contributed by atoms with Crippen LogP contribution in [0.4, 0.5) is 0 Å². The molecular formula is C21H40N2. The van der Waals surface area contributed by atoms with Crippen LogP contribution in [0.1, 0.15) is 117 Å². The third kappa shape index (κ3) is 7.10. The van der Waals surface area contributed by atoms with Crippen molar-refractivity contribution in [1.29, 1.82) is 0 Å². The molecule has 1 rings (SSSR count). The lowest BCUT2D eigenvalue weighted by Gasteiger charge is -2.24. The first-order chi connectivity index (χ1) is 11.1. The van der Waals surface area contributed by atoms with Crippen molar-refractivity contribution in [1.82, 2.24) is 9.55 Å². The molecule has 0 bridgehead atoms. The monoisotopic (exact) mass is 320 g/mol. The van der Waals surface area contributed by atoms with E-state index < -0.39 is 0 Å². The van der Waals surface area contributed by atoms with Gasteiger partial charge >= 0.3 is 0 Å². The van der Waals surface area contributed by atoms with E-state index in [2.05, 4.69) is 45.4 Å². The summed E-state index contributed by atoms with van der Waals surface area (Å²) in [6, 6.07) is 0.584. The maximum Gasteiger partial charge on any atom is 0.112 e. The van der Waals surface area contributed by atoms with Gasteiger partial charge in [-0.1, -0.05) is 79.1 Å². The van der Waals surface area contributed by atoms with Gasteiger partial charge < -0.3 is 4.57 Å². The number of hydrogen-bond acceptors (Lipinski definition) is 1. The molecule has 2 atom stereocenters. The van der Waals surface area contributed by atoms with E-state index in [1.807, 2.05) is 6.20 Å². The Morgan fingerprint density at radius 1 is 0.870 bits per heavy atom. The SMILES string of the molecule is CCCCCCCCCC(C)n1ccnc1C(CCC)C(C)C. The molecule has 0 amide bonds. The van der Waals surface area contributed by atoms with Crippen molar-refractivity contribution in [2.45, 2.75) is 111 Å². The van der Waals surface area contributed by atoms with Crippen molar-refractivity contribution < 1.29 is 0 Å². The quantitative estimate of drug-likeness (QED) is 0.354. The van der Waals surface area contributed by atoms with Gasteiger partial charge in [-0.05, 0) is 25.7 Å². The number of aromatic nitrogens is 2. The molecule has 1 aromatic heterocycles. The molecule has 0 saturated carbocycles. The van der Waals surface area contributed by atoms with Crippen LogP contribution in [0.3, 0.4) is 0 Å². The fraction of sp³-hybridized carbons (Fsp3) is 0.857. The maximum absolute atomic E-state index is 4.72. The number of rotatable bonds is 13. The molecule has 0 N–H and O–H groups in total. The third-order valence-electron chi connectivity index (χ3n) is 5.13. The van der Waals surface area contributed by atoms with E-state index in [9.17, 15) is 0 Å². The summed E-state index contributed by atoms with van der Waals surface area (Å²) in [6.07, 6.45) is 17.7. The van der Waals surface area contributed by atoms with E-state index in [-0.39, 0.29) is 0 Å². The van der Waals surface area contributed by atoms with Crippen molar-refractivity contribution in [2.24, 2.45) is 5.92 Å². The second-order valence-electron chi connectivity index (χ2n) is 7.59. The molecular weight excluding hydrogens is 280 g/mol. The first kappa shape index (κ1) is 20.3. The minimum absolute atomic E-state index is 0.584. The van der Waals surface area contributed by atoms with Crippen molar-refractivity contribution in [3.05, 3.63) is 18.2 Å². The summed E-state index contributed by atoms with van der Waals surface area (Å²) >= 11 is 0. The molecule has 0 saturated heterocycles. The predicted molar refractivity (Wildman–Crippen MR) is 102 cm³/mol. The average Bonchev–Trinajstić information content (AvgIpc) is 3.00. The third-order valence-corrected chi connectivity index (χ3v) is 5.13. The summed E-state index contributed by atoms with van der Waals surface area (Å²) in [6.45, 7) is 11.6. The van der Waals surface area contributed by atoms with E-state index >= 15 is 0 Å². The van der Waals surface area contributed by atoms with Crippen LogP contribution in [0.2, 0.25) is 0 Å². The predicted octanol–water partition coefficient (Wildman–Crippen LogP) is 7.12. The Hall–Kier alpha value is -0.790. The smallest absolute Gasteiger partial charge is 0.112 e. The highest BCUT2D eigenvalue weighted by atomic mass is 15.1. The molecule has 0 fully saturated rings. The lowest BCUT2D eigenvalue weighted by molar-refractivity contribution is 0.391. The highest BCUT2D eigenvalue weighted by Crippen LogP contribution is 2.30. The molecule has 0 aliphatic rings. The molecule has 1 heterocycles. The summed E-state index contributed by atoms with van der Waals surface area (Å²) in [7, 11) is 0. The minimum atomic E-state index is 0.584. The molecule has 134 valence electrons. The fourth-order valence-corrected chi connectivity index (χ4v) is 3.59. The van der Waals surface area contributed by atoms with Crippen molar-refractivity contribution in [3.63, 3.8) is 0 Å². The van der Waals surface area contributed by atoms with Crippen LogP contribution < -0.4 is 0 Å². The summed E-state index contributed by atoms with van der Waals surface area (Å²) in [5, 5.41) is 0. The molecule has 0 aliphatic carbocycles. The van der Waals surface area contributed by atoms with E-state index in [4.69, 9.17) is 4.98 Å². The minimum Gasteiger partial charge on any atom is -0.332 e. The highest BCUT2D eigenvalue weighted by molar-refractivity contribution is 5.03. The average molecular weight is 321 g/mol. The zero-order chi connectivity index (χ0) is 17.1. The highest BCUT2D eigenvalue weighted by Gasteiger charge is 2.21. The van der Waals surface area contributed by atoms with Gasteiger partial charge in [0.1, 0.15) is 5.82 Å². The van der Waals surface area contributed by atoms with Gasteiger partial charge in [0.25, 0.3) is 0 Å². The fourth-order valence-electron chi connectivity index (χ4n) is 3.59. The maximum atomic E-state index is 4.72. The largest absolute Gasteiger partial charge is 0.332 e. The lowest BCUT2D eigenvalue weighted by atomic mass is 9.90. The Balaban J connectivity index is 2.44. The van der Waals surface area contributed by atoms with Crippen molar-refractivity contribution >= 4 is 0 Å². The molecule has 2 unspecified atom stereocenters. The summed E-state index contributed by atoms with van der Waals surface area (Å²) in [5.74, 6) is 2.59. The Kier molecular flexibility index (Phi) is 10.3. The van der Waals surface area contributed by atoms with Gasteiger partial charge in [0.05, 0.1) is 0 Å². The van der Waals surface area contributed by atoms with Crippen LogP contribution >= 0.6 is 0 Å². The van der Waals surface area contributed by atoms with Crippen LogP contribution in [0.25, 0.3) is 0 Å². The number of imidazole rings is 1. The molecule has 1 aromatic rings. The van der Waals surface area contributed by atoms with Gasteiger partial charge in [-0.2, -0.15) is 0 Å². The van der Waals surface area contributed by atoms with Crippen LogP contribution in [-0.4, -0.2) is 9.55 Å². The van der Waals surface area contributed by atoms with Crippen molar-refractivity contribution in [3.8, 4) is 0 Å². The van der Waals surface area contributed by atoms with Crippen LogP contribution in [0.5, 0.6) is 0 Å². The van der Waals surface area contributed by atoms with Gasteiger partial charge in [-0.15, -0.1) is 0 Å². The molecule has 23 heavy (non-hydrogen) atoms. The second-order valence-corrected chi connectivity index (χ2v) is 7.59. The van der Waals surface area contributed by atoms with E-state index in [1.54, 1.807) is 0 Å². The van der Waals surface area contributed by atoms with Gasteiger partial charge in [0.15, 0.2) is 0 Å². The van der Waals surface area contributed by atoms with E-state index in [0.29, 0.717) is 17.9 Å². The van der Waals surface area contributed by atoms with Crippen molar-refractivity contribution in [2.75, 3.05) is 0 Å². The summed E-state index contributed by atoms with van der Waals surface area (Å²) in [5.41, 5.74) is 0.